The highest BCUT2D eigenvalue weighted by molar-refractivity contribution is 5.26. The molecular weight excluding hydrogens is 235 g/mol. The molecule has 1 aromatic heterocycles. The van der Waals surface area contributed by atoms with E-state index in [1.54, 1.807) is 12.1 Å². The number of ether oxygens (including phenoxy) is 1. The largest absolute Gasteiger partial charge is 0.417 e. The molecule has 96 valence electrons. The van der Waals surface area contributed by atoms with Gasteiger partial charge in [-0.3, -0.25) is 0 Å². The number of benzene rings is 1. The van der Waals surface area contributed by atoms with E-state index >= 15 is 0 Å². The van der Waals surface area contributed by atoms with E-state index in [1.807, 2.05) is 0 Å². The molecule has 0 amide bonds. The monoisotopic (exact) mass is 250 g/mol. The van der Waals surface area contributed by atoms with Gasteiger partial charge in [0.25, 0.3) is 0 Å². The van der Waals surface area contributed by atoms with E-state index in [4.69, 9.17) is 9.15 Å². The second-order valence-corrected chi connectivity index (χ2v) is 3.81. The SMILES string of the molecule is CCCNCc1coc(Oc2ccccc2F)n1. The molecule has 0 atom stereocenters. The van der Waals surface area contributed by atoms with Crippen LogP contribution in [0.15, 0.2) is 34.9 Å². The number of rotatable bonds is 6. The van der Waals surface area contributed by atoms with Gasteiger partial charge in [-0.1, -0.05) is 19.1 Å². The van der Waals surface area contributed by atoms with Crippen LogP contribution in [0, 0.1) is 5.82 Å². The quantitative estimate of drug-likeness (QED) is 0.800. The summed E-state index contributed by atoms with van der Waals surface area (Å²) >= 11 is 0. The van der Waals surface area contributed by atoms with Crippen molar-refractivity contribution < 1.29 is 13.5 Å². The Labute approximate surface area is 105 Å². The molecule has 0 aliphatic heterocycles. The Balaban J connectivity index is 1.96. The summed E-state index contributed by atoms with van der Waals surface area (Å²) in [5, 5.41) is 3.19. The molecule has 0 saturated carbocycles. The van der Waals surface area contributed by atoms with Crippen molar-refractivity contribution >= 4 is 0 Å². The lowest BCUT2D eigenvalue weighted by molar-refractivity contribution is 0.318. The molecule has 0 unspecified atom stereocenters. The fourth-order valence-corrected chi connectivity index (χ4v) is 1.43. The Bertz CT molecular complexity index is 499. The normalized spacial score (nSPS) is 10.6. The van der Waals surface area contributed by atoms with E-state index in [9.17, 15) is 4.39 Å². The van der Waals surface area contributed by atoms with Gasteiger partial charge >= 0.3 is 6.08 Å². The Morgan fingerprint density at radius 3 is 3.00 bits per heavy atom. The Hall–Kier alpha value is -1.88. The Kier molecular flexibility index (Phi) is 4.30. The molecule has 1 N–H and O–H groups in total. The maximum absolute atomic E-state index is 13.3. The van der Waals surface area contributed by atoms with Gasteiger partial charge in [0.05, 0.1) is 5.69 Å². The lowest BCUT2D eigenvalue weighted by Gasteiger charge is -2.00. The summed E-state index contributed by atoms with van der Waals surface area (Å²) in [5.41, 5.74) is 0.731. The van der Waals surface area contributed by atoms with Crippen molar-refractivity contribution in [3.63, 3.8) is 0 Å². The van der Waals surface area contributed by atoms with Crippen LogP contribution in [0.25, 0.3) is 0 Å². The number of oxazole rings is 1. The van der Waals surface area contributed by atoms with Gasteiger partial charge in [0.15, 0.2) is 11.6 Å². The highest BCUT2D eigenvalue weighted by atomic mass is 19.1. The van der Waals surface area contributed by atoms with Crippen molar-refractivity contribution in [3.05, 3.63) is 42.0 Å². The Morgan fingerprint density at radius 1 is 1.39 bits per heavy atom. The molecule has 4 nitrogen and oxygen atoms in total. The van der Waals surface area contributed by atoms with E-state index in [0.29, 0.717) is 6.54 Å². The smallest absolute Gasteiger partial charge is 0.399 e. The maximum atomic E-state index is 13.3. The van der Waals surface area contributed by atoms with Gasteiger partial charge in [-0.25, -0.2) is 4.39 Å². The van der Waals surface area contributed by atoms with E-state index in [0.717, 1.165) is 18.7 Å². The van der Waals surface area contributed by atoms with Crippen LogP contribution >= 0.6 is 0 Å². The second-order valence-electron chi connectivity index (χ2n) is 3.81. The second kappa shape index (κ2) is 6.16. The van der Waals surface area contributed by atoms with E-state index < -0.39 is 5.82 Å². The first-order chi connectivity index (χ1) is 8.79. The molecule has 1 aromatic carbocycles. The van der Waals surface area contributed by atoms with Crippen LogP contribution in [0.3, 0.4) is 0 Å². The van der Waals surface area contributed by atoms with Crippen LogP contribution in [0.5, 0.6) is 11.8 Å². The van der Waals surface area contributed by atoms with Gasteiger partial charge in [-0.15, -0.1) is 0 Å². The van der Waals surface area contributed by atoms with Crippen molar-refractivity contribution in [2.45, 2.75) is 19.9 Å². The lowest BCUT2D eigenvalue weighted by Crippen LogP contribution is -2.13. The zero-order valence-electron chi connectivity index (χ0n) is 10.1. The van der Waals surface area contributed by atoms with Gasteiger partial charge in [-0.2, -0.15) is 4.98 Å². The zero-order chi connectivity index (χ0) is 12.8. The highest BCUT2D eigenvalue weighted by Crippen LogP contribution is 2.23. The summed E-state index contributed by atoms with van der Waals surface area (Å²) in [6.45, 7) is 3.61. The minimum Gasteiger partial charge on any atom is -0.417 e. The fourth-order valence-electron chi connectivity index (χ4n) is 1.43. The van der Waals surface area contributed by atoms with Gasteiger partial charge in [0, 0.05) is 6.54 Å². The van der Waals surface area contributed by atoms with Crippen molar-refractivity contribution in [1.29, 1.82) is 0 Å². The van der Waals surface area contributed by atoms with Crippen LogP contribution < -0.4 is 10.1 Å². The van der Waals surface area contributed by atoms with Gasteiger partial charge < -0.3 is 14.5 Å². The molecule has 0 fully saturated rings. The fraction of sp³-hybridized carbons (Fsp3) is 0.308. The maximum Gasteiger partial charge on any atom is 0.399 e. The molecule has 0 bridgehead atoms. The standard InChI is InChI=1S/C13H15FN2O2/c1-2-7-15-8-10-9-17-13(16-10)18-12-6-4-3-5-11(12)14/h3-6,9,15H,2,7-8H2,1H3. The van der Waals surface area contributed by atoms with Gasteiger partial charge in [0.1, 0.15) is 6.26 Å². The number of aromatic nitrogens is 1. The average Bonchev–Trinajstić information content (AvgIpc) is 2.80. The van der Waals surface area contributed by atoms with Gasteiger partial charge in [-0.05, 0) is 25.1 Å². The molecule has 0 radical (unpaired) electrons. The molecule has 0 saturated heterocycles. The van der Waals surface area contributed by atoms with Crippen molar-refractivity contribution in [2.24, 2.45) is 0 Å². The highest BCUT2D eigenvalue weighted by Gasteiger charge is 2.08. The van der Waals surface area contributed by atoms with E-state index in [2.05, 4.69) is 17.2 Å². The van der Waals surface area contributed by atoms with E-state index in [-0.39, 0.29) is 11.8 Å². The summed E-state index contributed by atoms with van der Waals surface area (Å²) in [6.07, 6.45) is 2.60. The summed E-state index contributed by atoms with van der Waals surface area (Å²) in [5.74, 6) is -0.339. The summed E-state index contributed by atoms with van der Waals surface area (Å²) in [6, 6.07) is 6.12. The number of halogens is 1. The lowest BCUT2D eigenvalue weighted by atomic mass is 10.3. The number of para-hydroxylation sites is 1. The Morgan fingerprint density at radius 2 is 2.22 bits per heavy atom. The third-order valence-electron chi connectivity index (χ3n) is 2.30. The molecule has 2 aromatic rings. The molecule has 0 aliphatic rings. The first-order valence-electron chi connectivity index (χ1n) is 5.87. The first kappa shape index (κ1) is 12.6. The van der Waals surface area contributed by atoms with E-state index in [1.165, 1.54) is 18.4 Å². The van der Waals surface area contributed by atoms with Crippen LogP contribution in [-0.2, 0) is 6.54 Å². The third-order valence-corrected chi connectivity index (χ3v) is 2.30. The predicted molar refractivity (Wildman–Crippen MR) is 65.0 cm³/mol. The molecule has 0 aliphatic carbocycles. The first-order valence-corrected chi connectivity index (χ1v) is 5.87. The topological polar surface area (TPSA) is 47.3 Å². The van der Waals surface area contributed by atoms with Crippen molar-refractivity contribution in [2.75, 3.05) is 6.54 Å². The molecule has 2 rings (SSSR count). The summed E-state index contributed by atoms with van der Waals surface area (Å²) in [7, 11) is 0. The van der Waals surface area contributed by atoms with Crippen LogP contribution in [0.4, 0.5) is 4.39 Å². The molecule has 18 heavy (non-hydrogen) atoms. The minimum atomic E-state index is -0.443. The molecule has 1 heterocycles. The molecular formula is C13H15FN2O2. The predicted octanol–water partition coefficient (Wildman–Crippen LogP) is 3.11. The minimum absolute atomic E-state index is 0.0494. The number of hydrogen-bond acceptors (Lipinski definition) is 4. The van der Waals surface area contributed by atoms with Crippen LogP contribution in [-0.4, -0.2) is 11.5 Å². The van der Waals surface area contributed by atoms with Crippen LogP contribution in [0.2, 0.25) is 0 Å². The van der Waals surface area contributed by atoms with Gasteiger partial charge in [0.2, 0.25) is 0 Å². The summed E-state index contributed by atoms with van der Waals surface area (Å²) in [4.78, 5) is 4.10. The van der Waals surface area contributed by atoms with Crippen molar-refractivity contribution in [1.82, 2.24) is 10.3 Å². The molecule has 0 spiro atoms. The number of hydrogen-bond donors (Lipinski definition) is 1. The number of nitrogens with zero attached hydrogens (tertiary/aromatic N) is 1. The third kappa shape index (κ3) is 3.30. The van der Waals surface area contributed by atoms with Crippen molar-refractivity contribution in [3.8, 4) is 11.8 Å². The van der Waals surface area contributed by atoms with Crippen LogP contribution in [0.1, 0.15) is 19.0 Å². The molecule has 5 heteroatoms. The summed E-state index contributed by atoms with van der Waals surface area (Å²) < 4.78 is 23.7. The number of nitrogens with one attached hydrogen (secondary N) is 1. The zero-order valence-corrected chi connectivity index (χ0v) is 10.1. The average molecular weight is 250 g/mol.